The van der Waals surface area contributed by atoms with Crippen LogP contribution in [-0.2, 0) is 0 Å². The molecule has 0 aliphatic heterocycles. The fraction of sp³-hybridized carbons (Fsp3) is 0.114. The van der Waals surface area contributed by atoms with E-state index < -0.39 is 0 Å². The number of fused-ring (bicyclic) bond motifs is 15. The van der Waals surface area contributed by atoms with Gasteiger partial charge in [0.15, 0.2) is 0 Å². The van der Waals surface area contributed by atoms with E-state index in [1.807, 2.05) is 24.3 Å². The normalized spacial score (nSPS) is 12.3. The zero-order chi connectivity index (χ0) is 51.1. The quantitative estimate of drug-likeness (QED) is 0.151. The van der Waals surface area contributed by atoms with Crippen LogP contribution in [0.5, 0.6) is 0 Å². The van der Waals surface area contributed by atoms with Gasteiger partial charge in [0.05, 0.1) is 5.39 Å². The largest absolute Gasteiger partial charge is 0.456 e. The first-order valence-corrected chi connectivity index (χ1v) is 26.4. The number of hydrogen-bond acceptors (Lipinski definition) is 6. The smallest absolute Gasteiger partial charge is 0.147 e. The van der Waals surface area contributed by atoms with Crippen LogP contribution in [0.2, 0.25) is 0 Å². The lowest BCUT2D eigenvalue weighted by molar-refractivity contribution is 0.663. The van der Waals surface area contributed by atoms with Crippen molar-refractivity contribution in [1.29, 1.82) is 0 Å². The van der Waals surface area contributed by atoms with Crippen molar-refractivity contribution < 1.29 is 17.7 Å². The Morgan fingerprint density at radius 2 is 0.737 bits per heavy atom. The van der Waals surface area contributed by atoms with Crippen molar-refractivity contribution >= 4 is 143 Å². The third-order valence-corrected chi connectivity index (χ3v) is 16.1. The molecule has 0 saturated heterocycles. The predicted octanol–water partition coefficient (Wildman–Crippen LogP) is 21.4. The van der Waals surface area contributed by atoms with Crippen molar-refractivity contribution in [3.8, 4) is 0 Å². The van der Waals surface area contributed by atoms with Gasteiger partial charge in [0, 0.05) is 71.8 Å². The summed E-state index contributed by atoms with van der Waals surface area (Å²) in [5, 5.41) is 13.1. The van der Waals surface area contributed by atoms with Gasteiger partial charge in [-0.2, -0.15) is 0 Å². The number of benzene rings is 11. The van der Waals surface area contributed by atoms with E-state index in [-0.39, 0.29) is 0 Å². The van der Waals surface area contributed by atoms with E-state index in [9.17, 15) is 0 Å². The van der Waals surface area contributed by atoms with Crippen LogP contribution < -0.4 is 9.80 Å². The molecular weight excluding hydrogens is 933 g/mol. The molecule has 0 spiro atoms. The molecule has 366 valence electrons. The second-order valence-electron chi connectivity index (χ2n) is 21.3. The number of nitrogens with zero attached hydrogens (tertiary/aromatic N) is 2. The van der Waals surface area contributed by atoms with Crippen molar-refractivity contribution in [2.75, 3.05) is 9.80 Å². The fourth-order valence-corrected chi connectivity index (χ4v) is 12.1. The molecule has 0 amide bonds. The molecule has 4 aromatic heterocycles. The molecule has 76 heavy (non-hydrogen) atoms. The SMILES string of the molecule is Cc1c(N(c2ccc(C(C)C)cc2)c2ccc3cc4c(cc3c2)oc2c4ccc3oc4cc5cc(N(c6ccc(C(C)C)cc6)c6ccc7oc8ccccc8c7c6C)ccc5cc4c32)ccc2oc3ccccc3c12. The summed E-state index contributed by atoms with van der Waals surface area (Å²) in [6.07, 6.45) is 0. The molecule has 0 N–H and O–H groups in total. The Balaban J connectivity index is 0.851. The Kier molecular flexibility index (Phi) is 9.68. The number of para-hydroxylation sites is 2. The van der Waals surface area contributed by atoms with Gasteiger partial charge in [0.1, 0.15) is 44.7 Å². The van der Waals surface area contributed by atoms with E-state index in [0.717, 1.165) is 155 Å². The summed E-state index contributed by atoms with van der Waals surface area (Å²) in [6, 6.07) is 69.9. The van der Waals surface area contributed by atoms with E-state index in [0.29, 0.717) is 11.8 Å². The van der Waals surface area contributed by atoms with E-state index in [4.69, 9.17) is 17.7 Å². The predicted molar refractivity (Wildman–Crippen MR) is 318 cm³/mol. The molecule has 0 saturated carbocycles. The molecule has 0 aliphatic rings. The highest BCUT2D eigenvalue weighted by molar-refractivity contribution is 6.24. The zero-order valence-electron chi connectivity index (χ0n) is 43.2. The minimum atomic E-state index is 0.427. The summed E-state index contributed by atoms with van der Waals surface area (Å²) < 4.78 is 26.4. The molecule has 0 bridgehead atoms. The average molecular weight is 985 g/mol. The molecule has 0 radical (unpaired) electrons. The summed E-state index contributed by atoms with van der Waals surface area (Å²) >= 11 is 0. The summed E-state index contributed by atoms with van der Waals surface area (Å²) in [6.45, 7) is 13.4. The summed E-state index contributed by atoms with van der Waals surface area (Å²) in [7, 11) is 0. The van der Waals surface area contributed by atoms with Crippen molar-refractivity contribution in [2.45, 2.75) is 53.4 Å². The van der Waals surface area contributed by atoms with Crippen LogP contribution in [0.4, 0.5) is 34.1 Å². The Bertz CT molecular complexity index is 4850. The highest BCUT2D eigenvalue weighted by Crippen LogP contribution is 2.47. The lowest BCUT2D eigenvalue weighted by Gasteiger charge is -2.28. The Hall–Kier alpha value is -9.26. The molecule has 0 fully saturated rings. The molecule has 0 aliphatic carbocycles. The third kappa shape index (κ3) is 6.73. The molecule has 15 rings (SSSR count). The number of furan rings is 4. The number of rotatable bonds is 8. The van der Waals surface area contributed by atoms with Gasteiger partial charge in [-0.15, -0.1) is 0 Å². The summed E-state index contributed by atoms with van der Waals surface area (Å²) in [5.41, 5.74) is 18.3. The van der Waals surface area contributed by atoms with Crippen LogP contribution in [0, 0.1) is 13.8 Å². The van der Waals surface area contributed by atoms with Crippen molar-refractivity contribution in [1.82, 2.24) is 0 Å². The molecule has 0 atom stereocenters. The first-order chi connectivity index (χ1) is 37.1. The first-order valence-electron chi connectivity index (χ1n) is 26.4. The molecule has 11 aromatic carbocycles. The second kappa shape index (κ2) is 16.6. The maximum Gasteiger partial charge on any atom is 0.147 e. The average Bonchev–Trinajstić information content (AvgIpc) is 4.27. The standard InChI is InChI=1S/C70H52N2O4/c1-39(2)43-15-21-49(22-16-43)71(58-28-31-62-67(41(58)5)54-11-7-9-13-60(54)73-62)51-25-19-45-35-56-53-27-30-64-69(70(53)76-65(56)37-47(45)33-51)57-36-46-20-26-52(34-48(46)38-66(57)75-64)72(50-23-17-44(18-24-50)40(3)4)59-29-32-63-68(42(59)6)55-12-8-10-14-61(55)74-63/h7-40H,1-6H3. The third-order valence-electron chi connectivity index (χ3n) is 16.1. The van der Waals surface area contributed by atoms with Crippen molar-refractivity contribution in [2.24, 2.45) is 0 Å². The van der Waals surface area contributed by atoms with Crippen LogP contribution >= 0.6 is 0 Å². The van der Waals surface area contributed by atoms with Gasteiger partial charge in [0.2, 0.25) is 0 Å². The maximum absolute atomic E-state index is 6.99. The summed E-state index contributed by atoms with van der Waals surface area (Å²) in [4.78, 5) is 4.75. The molecule has 6 nitrogen and oxygen atoms in total. The van der Waals surface area contributed by atoms with Crippen LogP contribution in [0.1, 0.15) is 61.8 Å². The van der Waals surface area contributed by atoms with Crippen LogP contribution in [0.3, 0.4) is 0 Å². The molecule has 0 unspecified atom stereocenters. The van der Waals surface area contributed by atoms with E-state index in [2.05, 4.69) is 221 Å². The van der Waals surface area contributed by atoms with Gasteiger partial charge in [0.25, 0.3) is 0 Å². The summed E-state index contributed by atoms with van der Waals surface area (Å²) in [5.74, 6) is 0.854. The fourth-order valence-electron chi connectivity index (χ4n) is 12.1. The Morgan fingerprint density at radius 3 is 1.25 bits per heavy atom. The lowest BCUT2D eigenvalue weighted by atomic mass is 10.00. The second-order valence-corrected chi connectivity index (χ2v) is 21.3. The zero-order valence-corrected chi connectivity index (χ0v) is 43.2. The van der Waals surface area contributed by atoms with Crippen LogP contribution in [0.15, 0.2) is 212 Å². The van der Waals surface area contributed by atoms with Gasteiger partial charge >= 0.3 is 0 Å². The van der Waals surface area contributed by atoms with Crippen molar-refractivity contribution in [3.63, 3.8) is 0 Å². The Morgan fingerprint density at radius 1 is 0.303 bits per heavy atom. The molecule has 15 aromatic rings. The monoisotopic (exact) mass is 984 g/mol. The highest BCUT2D eigenvalue weighted by Gasteiger charge is 2.24. The van der Waals surface area contributed by atoms with Gasteiger partial charge in [-0.25, -0.2) is 0 Å². The lowest BCUT2D eigenvalue weighted by Crippen LogP contribution is -2.11. The van der Waals surface area contributed by atoms with E-state index in [1.54, 1.807) is 0 Å². The van der Waals surface area contributed by atoms with Crippen molar-refractivity contribution in [3.05, 3.63) is 216 Å². The Labute approximate surface area is 438 Å². The first kappa shape index (κ1) is 44.2. The molecular formula is C70H52N2O4. The minimum Gasteiger partial charge on any atom is -0.456 e. The number of anilines is 6. The number of aryl methyl sites for hydroxylation is 2. The highest BCUT2D eigenvalue weighted by atomic mass is 16.3. The molecule has 6 heteroatoms. The number of hydrogen-bond donors (Lipinski definition) is 0. The van der Waals surface area contributed by atoms with E-state index in [1.165, 1.54) is 11.1 Å². The van der Waals surface area contributed by atoms with Gasteiger partial charge in [-0.05, 0) is 191 Å². The van der Waals surface area contributed by atoms with Gasteiger partial charge in [-0.3, -0.25) is 0 Å². The topological polar surface area (TPSA) is 59.0 Å². The van der Waals surface area contributed by atoms with E-state index >= 15 is 0 Å². The van der Waals surface area contributed by atoms with Crippen LogP contribution in [0.25, 0.3) is 109 Å². The van der Waals surface area contributed by atoms with Crippen LogP contribution in [-0.4, -0.2) is 0 Å². The van der Waals surface area contributed by atoms with Gasteiger partial charge in [-0.1, -0.05) is 100 Å². The minimum absolute atomic E-state index is 0.427. The molecule has 4 heterocycles. The maximum atomic E-state index is 6.99. The van der Waals surface area contributed by atoms with Gasteiger partial charge < -0.3 is 27.5 Å².